The summed E-state index contributed by atoms with van der Waals surface area (Å²) in [6, 6.07) is 18.3. The van der Waals surface area contributed by atoms with E-state index in [0.717, 1.165) is 5.56 Å². The van der Waals surface area contributed by atoms with Crippen molar-refractivity contribution >= 4 is 41.3 Å². The predicted molar refractivity (Wildman–Crippen MR) is 125 cm³/mol. The van der Waals surface area contributed by atoms with Crippen LogP contribution in [-0.2, 0) is 9.59 Å². The van der Waals surface area contributed by atoms with Crippen molar-refractivity contribution in [2.75, 3.05) is 12.4 Å². The SMILES string of the molecule is COc1cc(/C=N\NC(=O)C(=O)Nc2ccccc2C)ccc1OC(=O)c1ccccc1Cl. The Morgan fingerprint density at radius 3 is 2.39 bits per heavy atom. The first-order chi connectivity index (χ1) is 15.9. The molecule has 3 rings (SSSR count). The molecule has 2 amide bonds. The lowest BCUT2D eigenvalue weighted by Crippen LogP contribution is -2.32. The van der Waals surface area contributed by atoms with Crippen LogP contribution in [0.5, 0.6) is 11.5 Å². The number of halogens is 1. The minimum Gasteiger partial charge on any atom is -0.493 e. The molecule has 0 aromatic heterocycles. The highest BCUT2D eigenvalue weighted by Crippen LogP contribution is 2.29. The number of amides is 2. The number of hydrogen-bond acceptors (Lipinski definition) is 6. The Labute approximate surface area is 195 Å². The number of para-hydroxylation sites is 1. The van der Waals surface area contributed by atoms with Gasteiger partial charge in [-0.05, 0) is 54.4 Å². The minimum absolute atomic E-state index is 0.182. The average molecular weight is 466 g/mol. The number of carbonyl (C=O) groups is 3. The molecule has 2 N–H and O–H groups in total. The molecule has 0 aliphatic heterocycles. The number of anilines is 1. The van der Waals surface area contributed by atoms with E-state index in [4.69, 9.17) is 21.1 Å². The lowest BCUT2D eigenvalue weighted by atomic mass is 10.2. The molecule has 0 bridgehead atoms. The Balaban J connectivity index is 1.62. The van der Waals surface area contributed by atoms with Gasteiger partial charge in [0.1, 0.15) is 0 Å². The number of hydrogen-bond donors (Lipinski definition) is 2. The maximum absolute atomic E-state index is 12.4. The number of methoxy groups -OCH3 is 1. The molecular weight excluding hydrogens is 446 g/mol. The van der Waals surface area contributed by atoms with Crippen LogP contribution in [-0.4, -0.2) is 31.1 Å². The third-order valence-corrected chi connectivity index (χ3v) is 4.79. The number of nitrogens with one attached hydrogen (secondary N) is 2. The Hall–Kier alpha value is -4.17. The van der Waals surface area contributed by atoms with Crippen molar-refractivity contribution in [3.05, 3.63) is 88.4 Å². The minimum atomic E-state index is -0.924. The zero-order valence-electron chi connectivity index (χ0n) is 17.8. The van der Waals surface area contributed by atoms with Gasteiger partial charge in [-0.2, -0.15) is 5.10 Å². The van der Waals surface area contributed by atoms with Gasteiger partial charge < -0.3 is 14.8 Å². The van der Waals surface area contributed by atoms with Crippen LogP contribution in [0.2, 0.25) is 5.02 Å². The summed E-state index contributed by atoms with van der Waals surface area (Å²) in [5, 5.41) is 6.57. The second kappa shape index (κ2) is 10.9. The zero-order chi connectivity index (χ0) is 23.8. The third-order valence-electron chi connectivity index (χ3n) is 4.46. The largest absolute Gasteiger partial charge is 0.493 e. The van der Waals surface area contributed by atoms with Gasteiger partial charge >= 0.3 is 17.8 Å². The van der Waals surface area contributed by atoms with Crippen molar-refractivity contribution in [1.82, 2.24) is 5.43 Å². The molecule has 0 saturated carbocycles. The van der Waals surface area contributed by atoms with E-state index in [0.29, 0.717) is 11.3 Å². The van der Waals surface area contributed by atoms with E-state index in [9.17, 15) is 14.4 Å². The van der Waals surface area contributed by atoms with Crippen LogP contribution < -0.4 is 20.2 Å². The molecular formula is C24H20ClN3O5. The number of nitrogens with zero attached hydrogens (tertiary/aromatic N) is 1. The van der Waals surface area contributed by atoms with Crippen molar-refractivity contribution in [2.45, 2.75) is 6.92 Å². The summed E-state index contributed by atoms with van der Waals surface area (Å²) in [6.07, 6.45) is 1.32. The van der Waals surface area contributed by atoms with Gasteiger partial charge in [0.05, 0.1) is 23.9 Å². The van der Waals surface area contributed by atoms with Gasteiger partial charge in [-0.25, -0.2) is 10.2 Å². The highest BCUT2D eigenvalue weighted by atomic mass is 35.5. The van der Waals surface area contributed by atoms with Gasteiger partial charge in [0.2, 0.25) is 0 Å². The first-order valence-electron chi connectivity index (χ1n) is 9.74. The van der Waals surface area contributed by atoms with E-state index in [1.165, 1.54) is 19.4 Å². The van der Waals surface area contributed by atoms with Crippen LogP contribution in [0.25, 0.3) is 0 Å². The summed E-state index contributed by atoms with van der Waals surface area (Å²) in [4.78, 5) is 36.4. The molecule has 168 valence electrons. The summed E-state index contributed by atoms with van der Waals surface area (Å²) in [5.74, 6) is -1.95. The standard InChI is InChI=1S/C24H20ClN3O5/c1-15-7-3-6-10-19(15)27-22(29)23(30)28-26-14-16-11-12-20(21(13-16)32-2)33-24(31)17-8-4-5-9-18(17)25/h3-14H,1-2H3,(H,27,29)(H,28,30)/b26-14-. The number of carbonyl (C=O) groups excluding carboxylic acids is 3. The Bertz CT molecular complexity index is 1230. The van der Waals surface area contributed by atoms with Gasteiger partial charge in [0.15, 0.2) is 11.5 Å². The smallest absolute Gasteiger partial charge is 0.345 e. The van der Waals surface area contributed by atoms with Crippen molar-refractivity contribution in [2.24, 2.45) is 5.10 Å². The fraction of sp³-hybridized carbons (Fsp3) is 0.0833. The number of benzene rings is 3. The molecule has 33 heavy (non-hydrogen) atoms. The quantitative estimate of drug-likeness (QED) is 0.188. The molecule has 3 aromatic carbocycles. The van der Waals surface area contributed by atoms with E-state index in [1.807, 2.05) is 19.1 Å². The molecule has 0 fully saturated rings. The number of ether oxygens (including phenoxy) is 2. The normalized spacial score (nSPS) is 10.5. The van der Waals surface area contributed by atoms with E-state index < -0.39 is 17.8 Å². The van der Waals surface area contributed by atoms with Gasteiger partial charge in [0, 0.05) is 5.69 Å². The summed E-state index contributed by atoms with van der Waals surface area (Å²) in [5.41, 5.74) is 4.27. The van der Waals surface area contributed by atoms with E-state index in [2.05, 4.69) is 15.8 Å². The van der Waals surface area contributed by atoms with E-state index >= 15 is 0 Å². The van der Waals surface area contributed by atoms with Crippen LogP contribution in [0.15, 0.2) is 71.8 Å². The monoisotopic (exact) mass is 465 g/mol. The molecule has 0 unspecified atom stereocenters. The van der Waals surface area contributed by atoms with E-state index in [1.54, 1.807) is 48.5 Å². The van der Waals surface area contributed by atoms with Crippen molar-refractivity contribution < 1.29 is 23.9 Å². The number of rotatable bonds is 6. The molecule has 0 aliphatic rings. The fourth-order valence-electron chi connectivity index (χ4n) is 2.74. The van der Waals surface area contributed by atoms with Crippen molar-refractivity contribution in [1.29, 1.82) is 0 Å². The molecule has 8 nitrogen and oxygen atoms in total. The van der Waals surface area contributed by atoms with E-state index in [-0.39, 0.29) is 22.1 Å². The summed E-state index contributed by atoms with van der Waals surface area (Å²) in [7, 11) is 1.42. The topological polar surface area (TPSA) is 106 Å². The second-order valence-corrected chi connectivity index (χ2v) is 7.16. The molecule has 0 aliphatic carbocycles. The third kappa shape index (κ3) is 6.18. The molecule has 0 heterocycles. The Kier molecular flexibility index (Phi) is 7.77. The summed E-state index contributed by atoms with van der Waals surface area (Å²) >= 11 is 6.03. The fourth-order valence-corrected chi connectivity index (χ4v) is 2.95. The van der Waals surface area contributed by atoms with Crippen LogP contribution in [0, 0.1) is 6.92 Å². The summed E-state index contributed by atoms with van der Waals surface area (Å²) in [6.45, 7) is 1.81. The van der Waals surface area contributed by atoms with Crippen LogP contribution in [0.3, 0.4) is 0 Å². The number of aryl methyl sites for hydroxylation is 1. The molecule has 3 aromatic rings. The lowest BCUT2D eigenvalue weighted by molar-refractivity contribution is -0.136. The Morgan fingerprint density at radius 1 is 0.939 bits per heavy atom. The lowest BCUT2D eigenvalue weighted by Gasteiger charge is -2.10. The van der Waals surface area contributed by atoms with Crippen molar-refractivity contribution in [3.8, 4) is 11.5 Å². The maximum Gasteiger partial charge on any atom is 0.345 e. The molecule has 0 atom stereocenters. The van der Waals surface area contributed by atoms with Gasteiger partial charge in [-0.3, -0.25) is 9.59 Å². The molecule has 0 spiro atoms. The first kappa shape index (κ1) is 23.5. The van der Waals surface area contributed by atoms with Gasteiger partial charge in [-0.1, -0.05) is 41.9 Å². The van der Waals surface area contributed by atoms with Gasteiger partial charge in [0.25, 0.3) is 0 Å². The maximum atomic E-state index is 12.4. The Morgan fingerprint density at radius 2 is 1.67 bits per heavy atom. The van der Waals surface area contributed by atoms with Crippen molar-refractivity contribution in [3.63, 3.8) is 0 Å². The molecule has 9 heteroatoms. The zero-order valence-corrected chi connectivity index (χ0v) is 18.6. The first-order valence-corrected chi connectivity index (χ1v) is 10.1. The van der Waals surface area contributed by atoms with Crippen LogP contribution in [0.4, 0.5) is 5.69 Å². The predicted octanol–water partition coefficient (Wildman–Crippen LogP) is 3.97. The number of esters is 1. The molecule has 0 radical (unpaired) electrons. The highest BCUT2D eigenvalue weighted by Gasteiger charge is 2.16. The summed E-state index contributed by atoms with van der Waals surface area (Å²) < 4.78 is 10.7. The average Bonchev–Trinajstić information content (AvgIpc) is 2.81. The van der Waals surface area contributed by atoms with Crippen LogP contribution >= 0.6 is 11.6 Å². The van der Waals surface area contributed by atoms with Crippen LogP contribution in [0.1, 0.15) is 21.5 Å². The molecule has 0 saturated heterocycles. The second-order valence-electron chi connectivity index (χ2n) is 6.75. The highest BCUT2D eigenvalue weighted by molar-refractivity contribution is 6.39. The number of hydrazone groups is 1. The van der Waals surface area contributed by atoms with Gasteiger partial charge in [-0.15, -0.1) is 0 Å².